The predicted octanol–water partition coefficient (Wildman–Crippen LogP) is 3.93. The lowest BCUT2D eigenvalue weighted by Crippen LogP contribution is -2.18. The van der Waals surface area contributed by atoms with Crippen LogP contribution in [0, 0.1) is 5.82 Å². The Labute approximate surface area is 109 Å². The molecule has 0 radical (unpaired) electrons. The number of hydrogen-bond donors (Lipinski definition) is 1. The maximum absolute atomic E-state index is 13.1. The van der Waals surface area contributed by atoms with E-state index in [9.17, 15) is 17.6 Å². The largest absolute Gasteiger partial charge is 0.441 e. The van der Waals surface area contributed by atoms with Gasteiger partial charge in [-0.05, 0) is 39.3 Å². The van der Waals surface area contributed by atoms with E-state index >= 15 is 0 Å². The van der Waals surface area contributed by atoms with E-state index in [0.29, 0.717) is 16.6 Å². The molecule has 1 nitrogen and oxygen atoms in total. The van der Waals surface area contributed by atoms with E-state index in [4.69, 9.17) is 0 Å². The molecule has 7 heteroatoms. The van der Waals surface area contributed by atoms with Crippen LogP contribution in [0.15, 0.2) is 22.7 Å². The third-order valence-corrected chi connectivity index (χ3v) is 3.52. The molecular formula is C10H10BrF4NS. The summed E-state index contributed by atoms with van der Waals surface area (Å²) in [4.78, 5) is 0. The summed E-state index contributed by atoms with van der Waals surface area (Å²) in [5, 5.41) is 2.82. The molecule has 0 saturated heterocycles. The van der Waals surface area contributed by atoms with Crippen molar-refractivity contribution in [3.63, 3.8) is 0 Å². The van der Waals surface area contributed by atoms with Crippen molar-refractivity contribution in [3.8, 4) is 0 Å². The topological polar surface area (TPSA) is 12.0 Å². The molecule has 0 bridgehead atoms. The van der Waals surface area contributed by atoms with Crippen molar-refractivity contribution in [2.24, 2.45) is 0 Å². The van der Waals surface area contributed by atoms with Crippen LogP contribution in [0.4, 0.5) is 17.6 Å². The second-order valence-electron chi connectivity index (χ2n) is 3.18. The Kier molecular flexibility index (Phi) is 5.75. The Balaban J connectivity index is 2.29. The Morgan fingerprint density at radius 3 is 2.65 bits per heavy atom. The minimum atomic E-state index is -4.19. The molecule has 0 unspecified atom stereocenters. The van der Waals surface area contributed by atoms with E-state index in [1.165, 1.54) is 6.07 Å². The van der Waals surface area contributed by atoms with Crippen LogP contribution >= 0.6 is 27.7 Å². The molecule has 0 aliphatic carbocycles. The van der Waals surface area contributed by atoms with Crippen molar-refractivity contribution < 1.29 is 17.6 Å². The molecule has 0 heterocycles. The van der Waals surface area contributed by atoms with Crippen LogP contribution in [-0.4, -0.2) is 17.8 Å². The first-order valence-corrected chi connectivity index (χ1v) is 6.52. The average Bonchev–Trinajstić information content (AvgIpc) is 2.22. The normalized spacial score (nSPS) is 11.8. The third-order valence-electron chi connectivity index (χ3n) is 1.89. The molecule has 0 aliphatic rings. The summed E-state index contributed by atoms with van der Waals surface area (Å²) in [7, 11) is 0. The first-order valence-electron chi connectivity index (χ1n) is 4.74. The molecule has 0 atom stereocenters. The Bertz CT molecular complexity index is 370. The van der Waals surface area contributed by atoms with Gasteiger partial charge in [-0.3, -0.25) is 0 Å². The van der Waals surface area contributed by atoms with Crippen LogP contribution in [-0.2, 0) is 6.54 Å². The Hall–Kier alpha value is -0.270. The highest BCUT2D eigenvalue weighted by atomic mass is 79.9. The number of alkyl halides is 3. The summed E-state index contributed by atoms with van der Waals surface area (Å²) >= 11 is 3.01. The lowest BCUT2D eigenvalue weighted by atomic mass is 10.2. The smallest absolute Gasteiger partial charge is 0.312 e. The molecular weight excluding hydrogens is 322 g/mol. The summed E-state index contributed by atoms with van der Waals surface area (Å²) in [5.74, 6) is -0.440. The Morgan fingerprint density at radius 2 is 2.00 bits per heavy atom. The summed E-state index contributed by atoms with van der Waals surface area (Å²) < 4.78 is 48.8. The van der Waals surface area contributed by atoms with E-state index in [1.54, 1.807) is 12.1 Å². The van der Waals surface area contributed by atoms with Gasteiger partial charge in [0.15, 0.2) is 0 Å². The van der Waals surface area contributed by atoms with Gasteiger partial charge in [-0.1, -0.05) is 12.1 Å². The fraction of sp³-hybridized carbons (Fsp3) is 0.400. The van der Waals surface area contributed by atoms with Gasteiger partial charge in [0.2, 0.25) is 0 Å². The van der Waals surface area contributed by atoms with Crippen molar-refractivity contribution in [2.75, 3.05) is 12.3 Å². The van der Waals surface area contributed by atoms with Gasteiger partial charge < -0.3 is 5.32 Å². The van der Waals surface area contributed by atoms with Crippen LogP contribution in [0.25, 0.3) is 0 Å². The quantitative estimate of drug-likeness (QED) is 0.648. The van der Waals surface area contributed by atoms with Crippen molar-refractivity contribution in [1.29, 1.82) is 0 Å². The fourth-order valence-electron chi connectivity index (χ4n) is 1.15. The first kappa shape index (κ1) is 14.8. The molecule has 0 aliphatic heterocycles. The van der Waals surface area contributed by atoms with Gasteiger partial charge >= 0.3 is 5.51 Å². The van der Waals surface area contributed by atoms with Crippen molar-refractivity contribution >= 4 is 27.7 Å². The van der Waals surface area contributed by atoms with E-state index in [1.807, 2.05) is 0 Å². The van der Waals surface area contributed by atoms with Crippen LogP contribution in [0.5, 0.6) is 0 Å². The number of thioether (sulfide) groups is 1. The number of halogens is 5. The molecule has 1 rings (SSSR count). The van der Waals surface area contributed by atoms with Gasteiger partial charge in [-0.15, -0.1) is 0 Å². The molecule has 1 aromatic rings. The zero-order valence-electron chi connectivity index (χ0n) is 8.65. The standard InChI is InChI=1S/C10H10BrF4NS/c11-9-7(2-1-3-8(9)12)6-16-4-5-17-10(13,14)15/h1-3,16H,4-6H2. The molecule has 17 heavy (non-hydrogen) atoms. The first-order chi connectivity index (χ1) is 7.90. The SMILES string of the molecule is Fc1cccc(CNCCSC(F)(F)F)c1Br. The highest BCUT2D eigenvalue weighted by Crippen LogP contribution is 2.29. The molecule has 0 amide bonds. The van der Waals surface area contributed by atoms with Crippen LogP contribution in [0.1, 0.15) is 5.56 Å². The van der Waals surface area contributed by atoms with E-state index in [-0.39, 0.29) is 29.9 Å². The lowest BCUT2D eigenvalue weighted by molar-refractivity contribution is -0.0327. The third kappa shape index (κ3) is 5.74. The number of nitrogens with one attached hydrogen (secondary N) is 1. The molecule has 0 spiro atoms. The number of hydrogen-bond acceptors (Lipinski definition) is 2. The molecule has 0 aromatic heterocycles. The second-order valence-corrected chi connectivity index (χ2v) is 5.14. The van der Waals surface area contributed by atoms with Gasteiger partial charge in [0.1, 0.15) is 5.82 Å². The monoisotopic (exact) mass is 331 g/mol. The van der Waals surface area contributed by atoms with E-state index in [0.717, 1.165) is 0 Å². The van der Waals surface area contributed by atoms with Gasteiger partial charge in [0, 0.05) is 18.8 Å². The molecule has 0 saturated carbocycles. The zero-order chi connectivity index (χ0) is 12.9. The summed E-state index contributed by atoms with van der Waals surface area (Å²) in [6.07, 6.45) is 0. The highest BCUT2D eigenvalue weighted by Gasteiger charge is 2.27. The summed E-state index contributed by atoms with van der Waals surface area (Å²) in [5.41, 5.74) is -3.51. The maximum Gasteiger partial charge on any atom is 0.441 e. The Morgan fingerprint density at radius 1 is 1.29 bits per heavy atom. The fourth-order valence-corrected chi connectivity index (χ4v) is 2.03. The van der Waals surface area contributed by atoms with Crippen LogP contribution in [0.3, 0.4) is 0 Å². The van der Waals surface area contributed by atoms with Gasteiger partial charge in [0.05, 0.1) is 4.47 Å². The predicted molar refractivity (Wildman–Crippen MR) is 64.3 cm³/mol. The second kappa shape index (κ2) is 6.61. The van der Waals surface area contributed by atoms with E-state index in [2.05, 4.69) is 21.2 Å². The number of benzene rings is 1. The molecule has 96 valence electrons. The molecule has 1 N–H and O–H groups in total. The van der Waals surface area contributed by atoms with E-state index < -0.39 is 5.51 Å². The summed E-state index contributed by atoms with van der Waals surface area (Å²) in [6.45, 7) is 0.546. The zero-order valence-corrected chi connectivity index (χ0v) is 11.1. The van der Waals surface area contributed by atoms with Crippen LogP contribution in [0.2, 0.25) is 0 Å². The van der Waals surface area contributed by atoms with Crippen molar-refractivity contribution in [3.05, 3.63) is 34.1 Å². The van der Waals surface area contributed by atoms with Crippen molar-refractivity contribution in [1.82, 2.24) is 5.32 Å². The number of rotatable bonds is 5. The summed E-state index contributed by atoms with van der Waals surface area (Å²) in [6, 6.07) is 4.58. The van der Waals surface area contributed by atoms with Gasteiger partial charge in [-0.25, -0.2) is 4.39 Å². The maximum atomic E-state index is 13.1. The minimum Gasteiger partial charge on any atom is -0.312 e. The van der Waals surface area contributed by atoms with Crippen LogP contribution < -0.4 is 5.32 Å². The lowest BCUT2D eigenvalue weighted by Gasteiger charge is -2.08. The highest BCUT2D eigenvalue weighted by molar-refractivity contribution is 9.10. The minimum absolute atomic E-state index is 0.0591. The molecule has 0 fully saturated rings. The average molecular weight is 332 g/mol. The van der Waals surface area contributed by atoms with Gasteiger partial charge in [-0.2, -0.15) is 13.2 Å². The van der Waals surface area contributed by atoms with Crippen molar-refractivity contribution in [2.45, 2.75) is 12.1 Å². The molecule has 1 aromatic carbocycles. The van der Waals surface area contributed by atoms with Gasteiger partial charge in [0.25, 0.3) is 0 Å².